The Morgan fingerprint density at radius 1 is 1.09 bits per heavy atom. The highest BCUT2D eigenvalue weighted by molar-refractivity contribution is 7.92. The monoisotopic (exact) mass is 493 g/mol. The van der Waals surface area contributed by atoms with Crippen molar-refractivity contribution in [3.8, 4) is 0 Å². The average Bonchev–Trinajstić information content (AvgIpc) is 2.76. The first kappa shape index (κ1) is 26.7. The summed E-state index contributed by atoms with van der Waals surface area (Å²) in [6.45, 7) is 5.82. The van der Waals surface area contributed by atoms with Crippen molar-refractivity contribution in [1.82, 2.24) is 10.2 Å². The number of halogens is 1. The maximum Gasteiger partial charge on any atom is 0.242 e. The van der Waals surface area contributed by atoms with E-state index in [1.165, 1.54) is 16.3 Å². The number of likely N-dealkylation sites (N-methyl/N-ethyl adjacent to an activating group) is 1. The molecule has 9 heteroatoms. The van der Waals surface area contributed by atoms with Crippen LogP contribution in [0.1, 0.15) is 36.5 Å². The Labute approximate surface area is 201 Å². The number of benzene rings is 2. The van der Waals surface area contributed by atoms with Crippen molar-refractivity contribution in [3.05, 3.63) is 64.2 Å². The summed E-state index contributed by atoms with van der Waals surface area (Å²) in [4.78, 5) is 27.0. The Hall–Kier alpha value is -2.58. The van der Waals surface area contributed by atoms with Gasteiger partial charge in [-0.2, -0.15) is 0 Å². The second-order valence-corrected chi connectivity index (χ2v) is 10.4. The maximum absolute atomic E-state index is 13.2. The Bertz CT molecular complexity index is 1100. The number of nitrogens with zero attached hydrogens (tertiary/aromatic N) is 2. The van der Waals surface area contributed by atoms with E-state index >= 15 is 0 Å². The molecule has 0 heterocycles. The van der Waals surface area contributed by atoms with Crippen LogP contribution in [0.4, 0.5) is 5.69 Å². The number of rotatable bonds is 10. The van der Waals surface area contributed by atoms with E-state index in [0.717, 1.165) is 17.4 Å². The molecule has 2 amide bonds. The molecule has 1 unspecified atom stereocenters. The fourth-order valence-corrected chi connectivity index (χ4v) is 4.80. The lowest BCUT2D eigenvalue weighted by Gasteiger charge is -2.29. The molecule has 33 heavy (non-hydrogen) atoms. The average molecular weight is 494 g/mol. The number of carbonyl (C=O) groups excluding carboxylic acids is 2. The number of anilines is 1. The summed E-state index contributed by atoms with van der Waals surface area (Å²) >= 11 is 6.18. The normalized spacial score (nSPS) is 12.2. The molecular formula is C24H32ClN3O4S. The zero-order chi connectivity index (χ0) is 24.8. The SMILES string of the molecule is CNC(=O)C(C)N(Cc1ccccc1C)C(=O)CCCN(c1cccc(Cl)c1C)S(C)(=O)=O. The van der Waals surface area contributed by atoms with Crippen LogP contribution in [-0.2, 0) is 26.2 Å². The Balaban J connectivity index is 2.19. The van der Waals surface area contributed by atoms with Crippen molar-refractivity contribution >= 4 is 39.1 Å². The van der Waals surface area contributed by atoms with Crippen LogP contribution in [0.2, 0.25) is 5.02 Å². The molecule has 0 radical (unpaired) electrons. The first-order chi connectivity index (χ1) is 15.5. The summed E-state index contributed by atoms with van der Waals surface area (Å²) in [5, 5.41) is 3.07. The van der Waals surface area contributed by atoms with Crippen LogP contribution >= 0.6 is 11.6 Å². The maximum atomic E-state index is 13.2. The van der Waals surface area contributed by atoms with Gasteiger partial charge in [0.2, 0.25) is 21.8 Å². The predicted molar refractivity (Wildman–Crippen MR) is 133 cm³/mol. The van der Waals surface area contributed by atoms with Gasteiger partial charge in [0.1, 0.15) is 6.04 Å². The fourth-order valence-electron chi connectivity index (χ4n) is 3.61. The molecule has 0 saturated heterocycles. The standard InChI is InChI=1S/C24H32ClN3O4S/c1-17-10-6-7-11-20(17)16-27(19(3)24(30)26-4)23(29)14-9-15-28(33(5,31)32)22-13-8-12-21(25)18(22)2/h6-8,10-13,19H,9,14-16H2,1-5H3,(H,26,30). The second kappa shape index (κ2) is 11.5. The highest BCUT2D eigenvalue weighted by atomic mass is 35.5. The first-order valence-electron chi connectivity index (χ1n) is 10.8. The van der Waals surface area contributed by atoms with E-state index in [-0.39, 0.29) is 24.8 Å². The number of aryl methyl sites for hydroxylation is 1. The first-order valence-corrected chi connectivity index (χ1v) is 13.0. The molecule has 0 bridgehead atoms. The van der Waals surface area contributed by atoms with Gasteiger partial charge in [0.15, 0.2) is 0 Å². The number of nitrogens with one attached hydrogen (secondary N) is 1. The number of hydrogen-bond donors (Lipinski definition) is 1. The molecule has 0 aliphatic rings. The zero-order valence-electron chi connectivity index (χ0n) is 19.8. The smallest absolute Gasteiger partial charge is 0.242 e. The minimum atomic E-state index is -3.58. The van der Waals surface area contributed by atoms with Crippen LogP contribution in [0.5, 0.6) is 0 Å². The Morgan fingerprint density at radius 3 is 2.36 bits per heavy atom. The Morgan fingerprint density at radius 2 is 1.76 bits per heavy atom. The molecule has 2 aromatic rings. The minimum Gasteiger partial charge on any atom is -0.357 e. The van der Waals surface area contributed by atoms with Crippen LogP contribution in [0, 0.1) is 13.8 Å². The summed E-state index contributed by atoms with van der Waals surface area (Å²) in [6.07, 6.45) is 1.52. The molecule has 7 nitrogen and oxygen atoms in total. The lowest BCUT2D eigenvalue weighted by atomic mass is 10.1. The van der Waals surface area contributed by atoms with Gasteiger partial charge in [0.05, 0.1) is 11.9 Å². The molecule has 2 aromatic carbocycles. The molecule has 0 fully saturated rings. The van der Waals surface area contributed by atoms with Crippen LogP contribution in [0.25, 0.3) is 0 Å². The molecule has 0 aliphatic carbocycles. The molecule has 1 N–H and O–H groups in total. The van der Waals surface area contributed by atoms with E-state index in [9.17, 15) is 18.0 Å². The van der Waals surface area contributed by atoms with Gasteiger partial charge in [0, 0.05) is 31.6 Å². The number of carbonyl (C=O) groups is 2. The fraction of sp³-hybridized carbons (Fsp3) is 0.417. The largest absolute Gasteiger partial charge is 0.357 e. The third-order valence-electron chi connectivity index (χ3n) is 5.68. The van der Waals surface area contributed by atoms with Crippen LogP contribution < -0.4 is 9.62 Å². The lowest BCUT2D eigenvalue weighted by molar-refractivity contribution is -0.140. The number of hydrogen-bond acceptors (Lipinski definition) is 4. The van der Waals surface area contributed by atoms with E-state index in [1.807, 2.05) is 31.2 Å². The van der Waals surface area contributed by atoms with Gasteiger partial charge in [-0.1, -0.05) is 41.9 Å². The van der Waals surface area contributed by atoms with Crippen molar-refractivity contribution in [1.29, 1.82) is 0 Å². The summed E-state index contributed by atoms with van der Waals surface area (Å²) in [5.41, 5.74) is 3.13. The molecule has 0 saturated carbocycles. The third-order valence-corrected chi connectivity index (χ3v) is 7.27. The highest BCUT2D eigenvalue weighted by Crippen LogP contribution is 2.28. The summed E-state index contributed by atoms with van der Waals surface area (Å²) in [5.74, 6) is -0.477. The van der Waals surface area contributed by atoms with Crippen LogP contribution in [-0.4, -0.2) is 51.0 Å². The summed E-state index contributed by atoms with van der Waals surface area (Å²) < 4.78 is 26.2. The highest BCUT2D eigenvalue weighted by Gasteiger charge is 2.26. The minimum absolute atomic E-state index is 0.0961. The van der Waals surface area contributed by atoms with Gasteiger partial charge in [0.25, 0.3) is 0 Å². The van der Waals surface area contributed by atoms with Gasteiger partial charge < -0.3 is 10.2 Å². The van der Waals surface area contributed by atoms with E-state index in [1.54, 1.807) is 32.0 Å². The van der Waals surface area contributed by atoms with Crippen LogP contribution in [0.3, 0.4) is 0 Å². The van der Waals surface area contributed by atoms with Gasteiger partial charge in [-0.15, -0.1) is 0 Å². The van der Waals surface area contributed by atoms with Crippen molar-refractivity contribution < 1.29 is 18.0 Å². The Kier molecular flexibility index (Phi) is 9.31. The number of sulfonamides is 1. The van der Waals surface area contributed by atoms with E-state index in [2.05, 4.69) is 5.32 Å². The molecule has 1 atom stereocenters. The van der Waals surface area contributed by atoms with Crippen LogP contribution in [0.15, 0.2) is 42.5 Å². The van der Waals surface area contributed by atoms with Gasteiger partial charge in [-0.05, 0) is 56.0 Å². The molecule has 2 rings (SSSR count). The second-order valence-electron chi connectivity index (χ2n) is 8.06. The van der Waals surface area contributed by atoms with E-state index < -0.39 is 16.1 Å². The predicted octanol–water partition coefficient (Wildman–Crippen LogP) is 3.67. The molecule has 0 spiro atoms. The molecule has 0 aromatic heterocycles. The summed E-state index contributed by atoms with van der Waals surface area (Å²) in [7, 11) is -2.04. The third kappa shape index (κ3) is 6.95. The van der Waals surface area contributed by atoms with Gasteiger partial charge in [-0.3, -0.25) is 13.9 Å². The molecule has 180 valence electrons. The quantitative estimate of drug-likeness (QED) is 0.547. The zero-order valence-corrected chi connectivity index (χ0v) is 21.3. The summed E-state index contributed by atoms with van der Waals surface area (Å²) in [6, 6.07) is 12.1. The van der Waals surface area contributed by atoms with Crippen molar-refractivity contribution in [3.63, 3.8) is 0 Å². The van der Waals surface area contributed by atoms with Crippen molar-refractivity contribution in [2.24, 2.45) is 0 Å². The van der Waals surface area contributed by atoms with Gasteiger partial charge >= 0.3 is 0 Å². The van der Waals surface area contributed by atoms with Crippen molar-refractivity contribution in [2.45, 2.75) is 46.2 Å². The van der Waals surface area contributed by atoms with E-state index in [0.29, 0.717) is 29.2 Å². The van der Waals surface area contributed by atoms with Crippen molar-refractivity contribution in [2.75, 3.05) is 24.2 Å². The van der Waals surface area contributed by atoms with E-state index in [4.69, 9.17) is 11.6 Å². The molecule has 0 aliphatic heterocycles. The lowest BCUT2D eigenvalue weighted by Crippen LogP contribution is -2.47. The number of amides is 2. The molecular weight excluding hydrogens is 462 g/mol. The topological polar surface area (TPSA) is 86.8 Å². The van der Waals surface area contributed by atoms with Gasteiger partial charge in [-0.25, -0.2) is 8.42 Å².